The Bertz CT molecular complexity index is 1440. The summed E-state index contributed by atoms with van der Waals surface area (Å²) in [4.78, 5) is 30.0. The van der Waals surface area contributed by atoms with Crippen molar-refractivity contribution in [3.8, 4) is 11.3 Å². The van der Waals surface area contributed by atoms with Crippen LogP contribution in [0.5, 0.6) is 0 Å². The standard InChI is InChI=1S/C28H28BrN3O4/c1-3-5-7-26-31-24-14-12-21(29)17-23(24)27(33)32(26)30-18-22-13-15-25(36-22)19-8-10-20(11-9-19)28(34)35-16-6-4-2/h8-15,17-18H,3-7,16H2,1-2H3. The van der Waals surface area contributed by atoms with Crippen LogP contribution in [-0.2, 0) is 11.2 Å². The van der Waals surface area contributed by atoms with Gasteiger partial charge in [-0.05, 0) is 55.3 Å². The lowest BCUT2D eigenvalue weighted by Crippen LogP contribution is -2.22. The van der Waals surface area contributed by atoms with E-state index >= 15 is 0 Å². The van der Waals surface area contributed by atoms with Gasteiger partial charge in [-0.15, -0.1) is 0 Å². The van der Waals surface area contributed by atoms with Gasteiger partial charge in [0.2, 0.25) is 0 Å². The number of carbonyl (C=O) groups is 1. The molecule has 0 bridgehead atoms. The molecular weight excluding hydrogens is 522 g/mol. The first-order chi connectivity index (χ1) is 17.5. The Labute approximate surface area is 217 Å². The third-order valence-electron chi connectivity index (χ3n) is 5.69. The molecule has 8 heteroatoms. The van der Waals surface area contributed by atoms with Gasteiger partial charge in [0.1, 0.15) is 17.3 Å². The monoisotopic (exact) mass is 549 g/mol. The van der Waals surface area contributed by atoms with E-state index in [0.717, 1.165) is 35.7 Å². The number of rotatable bonds is 10. The summed E-state index contributed by atoms with van der Waals surface area (Å²) >= 11 is 3.42. The maximum atomic E-state index is 13.2. The van der Waals surface area contributed by atoms with Gasteiger partial charge >= 0.3 is 5.97 Å². The summed E-state index contributed by atoms with van der Waals surface area (Å²) in [6, 6.07) is 16.1. The second-order valence-corrected chi connectivity index (χ2v) is 9.34. The lowest BCUT2D eigenvalue weighted by atomic mass is 10.1. The predicted molar refractivity (Wildman–Crippen MR) is 145 cm³/mol. The van der Waals surface area contributed by atoms with Crippen molar-refractivity contribution in [1.82, 2.24) is 9.66 Å². The van der Waals surface area contributed by atoms with Crippen molar-refractivity contribution in [3.63, 3.8) is 0 Å². The third kappa shape index (κ3) is 5.99. The van der Waals surface area contributed by atoms with Crippen LogP contribution in [0.3, 0.4) is 0 Å². The van der Waals surface area contributed by atoms with E-state index in [0.29, 0.717) is 46.8 Å². The zero-order valence-corrected chi connectivity index (χ0v) is 22.0. The molecule has 0 aliphatic rings. The van der Waals surface area contributed by atoms with E-state index in [4.69, 9.17) is 9.15 Å². The number of esters is 1. The van der Waals surface area contributed by atoms with Crippen molar-refractivity contribution in [2.75, 3.05) is 6.61 Å². The van der Waals surface area contributed by atoms with Gasteiger partial charge in [0, 0.05) is 16.5 Å². The highest BCUT2D eigenvalue weighted by atomic mass is 79.9. The van der Waals surface area contributed by atoms with Crippen LogP contribution in [0.25, 0.3) is 22.2 Å². The lowest BCUT2D eigenvalue weighted by Gasteiger charge is -2.09. The first kappa shape index (κ1) is 25.6. The number of benzene rings is 2. The first-order valence-corrected chi connectivity index (χ1v) is 12.9. The van der Waals surface area contributed by atoms with Crippen LogP contribution < -0.4 is 5.56 Å². The van der Waals surface area contributed by atoms with Gasteiger partial charge < -0.3 is 9.15 Å². The average Bonchev–Trinajstić information content (AvgIpc) is 3.36. The summed E-state index contributed by atoms with van der Waals surface area (Å²) in [7, 11) is 0. The van der Waals surface area contributed by atoms with Gasteiger partial charge in [0.25, 0.3) is 5.56 Å². The Morgan fingerprint density at radius 2 is 1.86 bits per heavy atom. The molecule has 0 radical (unpaired) electrons. The van der Waals surface area contributed by atoms with Crippen molar-refractivity contribution < 1.29 is 13.9 Å². The van der Waals surface area contributed by atoms with Crippen LogP contribution in [0.1, 0.15) is 61.5 Å². The molecule has 4 aromatic rings. The van der Waals surface area contributed by atoms with Gasteiger partial charge in [-0.3, -0.25) is 4.79 Å². The van der Waals surface area contributed by atoms with Gasteiger partial charge in [0.05, 0.1) is 29.3 Å². The minimum atomic E-state index is -0.331. The molecule has 0 N–H and O–H groups in total. The van der Waals surface area contributed by atoms with E-state index in [1.54, 1.807) is 24.3 Å². The van der Waals surface area contributed by atoms with Crippen LogP contribution in [-0.4, -0.2) is 28.5 Å². The largest absolute Gasteiger partial charge is 0.462 e. The van der Waals surface area contributed by atoms with E-state index in [-0.39, 0.29) is 11.5 Å². The second-order valence-electron chi connectivity index (χ2n) is 8.42. The summed E-state index contributed by atoms with van der Waals surface area (Å²) in [5.41, 5.74) is 1.74. The van der Waals surface area contributed by atoms with Crippen LogP contribution in [0, 0.1) is 0 Å². The number of hydrogen-bond acceptors (Lipinski definition) is 6. The Morgan fingerprint density at radius 3 is 2.61 bits per heavy atom. The molecule has 0 fully saturated rings. The maximum absolute atomic E-state index is 13.2. The normalized spacial score (nSPS) is 11.4. The van der Waals surface area contributed by atoms with Crippen LogP contribution in [0.15, 0.2) is 73.4 Å². The Morgan fingerprint density at radius 1 is 1.08 bits per heavy atom. The molecule has 2 heterocycles. The minimum absolute atomic E-state index is 0.225. The molecule has 0 unspecified atom stereocenters. The number of aryl methyl sites for hydroxylation is 1. The highest BCUT2D eigenvalue weighted by Gasteiger charge is 2.12. The number of halogens is 1. The Hall–Kier alpha value is -3.52. The van der Waals surface area contributed by atoms with Crippen LogP contribution in [0.2, 0.25) is 0 Å². The predicted octanol–water partition coefficient (Wildman–Crippen LogP) is 6.60. The number of aromatic nitrogens is 2. The zero-order valence-electron chi connectivity index (χ0n) is 20.4. The molecule has 0 amide bonds. The minimum Gasteiger partial charge on any atom is -0.462 e. The number of nitrogens with zero attached hydrogens (tertiary/aromatic N) is 3. The number of furan rings is 1. The molecule has 0 saturated carbocycles. The van der Waals surface area contributed by atoms with Crippen molar-refractivity contribution in [2.24, 2.45) is 5.10 Å². The van der Waals surface area contributed by atoms with Gasteiger partial charge in [-0.1, -0.05) is 54.8 Å². The van der Waals surface area contributed by atoms with E-state index in [9.17, 15) is 9.59 Å². The fraction of sp³-hybridized carbons (Fsp3) is 0.286. The second kappa shape index (κ2) is 11.9. The molecule has 0 atom stereocenters. The molecule has 4 rings (SSSR count). The van der Waals surface area contributed by atoms with Crippen LogP contribution >= 0.6 is 15.9 Å². The highest BCUT2D eigenvalue weighted by molar-refractivity contribution is 9.10. The number of ether oxygens (including phenoxy) is 1. The molecular formula is C28H28BrN3O4. The molecule has 0 spiro atoms. The van der Waals surface area contributed by atoms with E-state index in [2.05, 4.69) is 32.9 Å². The summed E-state index contributed by atoms with van der Waals surface area (Å²) in [5, 5.41) is 4.93. The topological polar surface area (TPSA) is 86.7 Å². The zero-order chi connectivity index (χ0) is 25.5. The molecule has 0 aliphatic carbocycles. The van der Waals surface area contributed by atoms with E-state index in [1.165, 1.54) is 10.9 Å². The summed E-state index contributed by atoms with van der Waals surface area (Å²) in [6.07, 6.45) is 5.86. The maximum Gasteiger partial charge on any atom is 0.338 e. The summed E-state index contributed by atoms with van der Waals surface area (Å²) in [6.45, 7) is 4.56. The van der Waals surface area contributed by atoms with Crippen molar-refractivity contribution in [3.05, 3.63) is 86.6 Å². The summed E-state index contributed by atoms with van der Waals surface area (Å²) in [5.74, 6) is 1.40. The fourth-order valence-electron chi connectivity index (χ4n) is 3.67. The number of carbonyl (C=O) groups excluding carboxylic acids is 1. The highest BCUT2D eigenvalue weighted by Crippen LogP contribution is 2.23. The molecule has 0 aliphatic heterocycles. The number of hydrogen-bond donors (Lipinski definition) is 0. The van der Waals surface area contributed by atoms with Crippen LogP contribution in [0.4, 0.5) is 0 Å². The third-order valence-corrected chi connectivity index (χ3v) is 6.19. The van der Waals surface area contributed by atoms with Gasteiger partial charge in [-0.2, -0.15) is 9.78 Å². The quantitative estimate of drug-likeness (QED) is 0.126. The molecule has 2 aromatic carbocycles. The Kier molecular flexibility index (Phi) is 8.48. The first-order valence-electron chi connectivity index (χ1n) is 12.1. The molecule has 7 nitrogen and oxygen atoms in total. The Balaban J connectivity index is 1.56. The molecule has 0 saturated heterocycles. The summed E-state index contributed by atoms with van der Waals surface area (Å²) < 4.78 is 13.3. The SMILES string of the molecule is CCCCOC(=O)c1ccc(-c2ccc(C=Nn3c(CCCC)nc4ccc(Br)cc4c3=O)o2)cc1. The van der Waals surface area contributed by atoms with Gasteiger partial charge in [-0.25, -0.2) is 9.78 Å². The van der Waals surface area contributed by atoms with Gasteiger partial charge in [0.15, 0.2) is 0 Å². The average molecular weight is 550 g/mol. The molecule has 2 aromatic heterocycles. The molecule has 36 heavy (non-hydrogen) atoms. The van der Waals surface area contributed by atoms with Crippen molar-refractivity contribution in [2.45, 2.75) is 46.0 Å². The van der Waals surface area contributed by atoms with E-state index in [1.807, 2.05) is 37.3 Å². The van der Waals surface area contributed by atoms with Crippen molar-refractivity contribution in [1.29, 1.82) is 0 Å². The molecule has 186 valence electrons. The lowest BCUT2D eigenvalue weighted by molar-refractivity contribution is 0.0499. The van der Waals surface area contributed by atoms with Crippen molar-refractivity contribution >= 4 is 39.0 Å². The smallest absolute Gasteiger partial charge is 0.338 e. The number of fused-ring (bicyclic) bond motifs is 1. The fourth-order valence-corrected chi connectivity index (χ4v) is 4.03. The number of unbranched alkanes of at least 4 members (excludes halogenated alkanes) is 2. The van der Waals surface area contributed by atoms with E-state index < -0.39 is 0 Å².